The Morgan fingerprint density at radius 2 is 1.76 bits per heavy atom. The predicted octanol–water partition coefficient (Wildman–Crippen LogP) is 5.99. The summed E-state index contributed by atoms with van der Waals surface area (Å²) in [5.41, 5.74) is 5.61. The zero-order valence-corrected chi connectivity index (χ0v) is 22.4. The monoisotopic (exact) mass is 498 g/mol. The SMILES string of the molecule is CCC(Oc1ccc2c(c1)C(c1ccc(C)cc1)N(C(=O)CC(C)C)CC2)C(=O)NCc1ccccc1. The van der Waals surface area contributed by atoms with Crippen molar-refractivity contribution in [1.82, 2.24) is 10.2 Å². The van der Waals surface area contributed by atoms with Crippen LogP contribution in [0.15, 0.2) is 72.8 Å². The third-order valence-electron chi connectivity index (χ3n) is 6.89. The van der Waals surface area contributed by atoms with Crippen LogP contribution in [0.3, 0.4) is 0 Å². The average Bonchev–Trinajstić information content (AvgIpc) is 2.90. The molecule has 5 heteroatoms. The van der Waals surface area contributed by atoms with E-state index in [1.165, 1.54) is 11.1 Å². The van der Waals surface area contributed by atoms with Gasteiger partial charge >= 0.3 is 0 Å². The molecule has 1 aliphatic rings. The molecule has 5 nitrogen and oxygen atoms in total. The number of nitrogens with one attached hydrogen (secondary N) is 1. The van der Waals surface area contributed by atoms with Gasteiger partial charge in [0.25, 0.3) is 5.91 Å². The molecular formula is C32H38N2O3. The lowest BCUT2D eigenvalue weighted by molar-refractivity contribution is -0.134. The van der Waals surface area contributed by atoms with Crippen LogP contribution in [0, 0.1) is 12.8 Å². The summed E-state index contributed by atoms with van der Waals surface area (Å²) in [4.78, 5) is 28.2. The fraction of sp³-hybridized carbons (Fsp3) is 0.375. The largest absolute Gasteiger partial charge is 0.481 e. The number of benzene rings is 3. The van der Waals surface area contributed by atoms with Gasteiger partial charge < -0.3 is 15.0 Å². The average molecular weight is 499 g/mol. The quantitative estimate of drug-likeness (QED) is 0.394. The summed E-state index contributed by atoms with van der Waals surface area (Å²) < 4.78 is 6.23. The maximum Gasteiger partial charge on any atom is 0.261 e. The van der Waals surface area contributed by atoms with Gasteiger partial charge in [0.2, 0.25) is 5.91 Å². The number of hydrogen-bond donors (Lipinski definition) is 1. The molecular weight excluding hydrogens is 460 g/mol. The van der Waals surface area contributed by atoms with Gasteiger partial charge in [-0.05, 0) is 60.1 Å². The van der Waals surface area contributed by atoms with Crippen LogP contribution in [0.2, 0.25) is 0 Å². The van der Waals surface area contributed by atoms with Crippen molar-refractivity contribution in [2.75, 3.05) is 6.54 Å². The Labute approximate surface area is 220 Å². The molecule has 194 valence electrons. The van der Waals surface area contributed by atoms with Crippen LogP contribution in [-0.4, -0.2) is 29.4 Å². The summed E-state index contributed by atoms with van der Waals surface area (Å²) in [6.45, 7) is 9.34. The van der Waals surface area contributed by atoms with Gasteiger partial charge in [-0.1, -0.05) is 87.0 Å². The van der Waals surface area contributed by atoms with Crippen molar-refractivity contribution < 1.29 is 14.3 Å². The second-order valence-electron chi connectivity index (χ2n) is 10.3. The van der Waals surface area contributed by atoms with Crippen molar-refractivity contribution in [3.63, 3.8) is 0 Å². The van der Waals surface area contributed by atoms with Crippen molar-refractivity contribution in [1.29, 1.82) is 0 Å². The molecule has 1 N–H and O–H groups in total. The van der Waals surface area contributed by atoms with Gasteiger partial charge in [-0.2, -0.15) is 0 Å². The molecule has 2 atom stereocenters. The molecule has 0 spiro atoms. The van der Waals surface area contributed by atoms with Crippen molar-refractivity contribution >= 4 is 11.8 Å². The van der Waals surface area contributed by atoms with E-state index in [-0.39, 0.29) is 17.9 Å². The van der Waals surface area contributed by atoms with Crippen molar-refractivity contribution in [3.05, 3.63) is 101 Å². The third-order valence-corrected chi connectivity index (χ3v) is 6.89. The van der Waals surface area contributed by atoms with Gasteiger partial charge in [-0.15, -0.1) is 0 Å². The van der Waals surface area contributed by atoms with Crippen LogP contribution in [0.1, 0.15) is 67.5 Å². The van der Waals surface area contributed by atoms with Gasteiger partial charge in [-0.25, -0.2) is 0 Å². The molecule has 0 saturated carbocycles. The first-order chi connectivity index (χ1) is 17.9. The van der Waals surface area contributed by atoms with E-state index in [0.717, 1.165) is 23.1 Å². The topological polar surface area (TPSA) is 58.6 Å². The number of aryl methyl sites for hydroxylation is 1. The third kappa shape index (κ3) is 6.59. The normalized spacial score (nSPS) is 15.7. The van der Waals surface area contributed by atoms with E-state index in [9.17, 15) is 9.59 Å². The molecule has 1 heterocycles. The van der Waals surface area contributed by atoms with E-state index < -0.39 is 6.10 Å². The van der Waals surface area contributed by atoms with Crippen molar-refractivity contribution in [2.24, 2.45) is 5.92 Å². The summed E-state index contributed by atoms with van der Waals surface area (Å²) in [6.07, 6.45) is 1.28. The molecule has 2 unspecified atom stereocenters. The summed E-state index contributed by atoms with van der Waals surface area (Å²) >= 11 is 0. The highest BCUT2D eigenvalue weighted by atomic mass is 16.5. The highest BCUT2D eigenvalue weighted by Crippen LogP contribution is 2.38. The zero-order chi connectivity index (χ0) is 26.4. The molecule has 0 aromatic heterocycles. The zero-order valence-electron chi connectivity index (χ0n) is 22.4. The Balaban J connectivity index is 1.58. The van der Waals surface area contributed by atoms with Crippen molar-refractivity contribution in [3.8, 4) is 5.75 Å². The molecule has 0 radical (unpaired) electrons. The lowest BCUT2D eigenvalue weighted by Crippen LogP contribution is -2.41. The smallest absolute Gasteiger partial charge is 0.261 e. The van der Waals surface area contributed by atoms with Crippen LogP contribution in [0.5, 0.6) is 5.75 Å². The lowest BCUT2D eigenvalue weighted by atomic mass is 9.87. The number of ether oxygens (including phenoxy) is 1. The molecule has 2 amide bonds. The second kappa shape index (κ2) is 12.1. The van der Waals surface area contributed by atoms with Crippen LogP contribution in [-0.2, 0) is 22.6 Å². The molecule has 0 bridgehead atoms. The van der Waals surface area contributed by atoms with E-state index in [0.29, 0.717) is 37.6 Å². The van der Waals surface area contributed by atoms with Gasteiger partial charge in [0, 0.05) is 19.5 Å². The van der Waals surface area contributed by atoms with Crippen LogP contribution < -0.4 is 10.1 Å². The molecule has 37 heavy (non-hydrogen) atoms. The molecule has 3 aromatic rings. The Morgan fingerprint density at radius 1 is 1.03 bits per heavy atom. The number of fused-ring (bicyclic) bond motifs is 1. The number of carbonyl (C=O) groups excluding carboxylic acids is 2. The number of carbonyl (C=O) groups is 2. The minimum Gasteiger partial charge on any atom is -0.481 e. The highest BCUT2D eigenvalue weighted by Gasteiger charge is 2.33. The Kier molecular flexibility index (Phi) is 8.65. The van der Waals surface area contributed by atoms with Crippen LogP contribution in [0.4, 0.5) is 0 Å². The minimum absolute atomic E-state index is 0.132. The van der Waals surface area contributed by atoms with E-state index in [4.69, 9.17) is 4.74 Å². The molecule has 4 rings (SSSR count). The molecule has 0 aliphatic carbocycles. The predicted molar refractivity (Wildman–Crippen MR) is 147 cm³/mol. The van der Waals surface area contributed by atoms with Gasteiger partial charge in [0.15, 0.2) is 6.10 Å². The first kappa shape index (κ1) is 26.5. The van der Waals surface area contributed by atoms with Crippen LogP contribution in [0.25, 0.3) is 0 Å². The van der Waals surface area contributed by atoms with Crippen molar-refractivity contribution in [2.45, 2.75) is 65.6 Å². The summed E-state index contributed by atoms with van der Waals surface area (Å²) in [5.74, 6) is 0.981. The molecule has 0 saturated heterocycles. The summed E-state index contributed by atoms with van der Waals surface area (Å²) in [7, 11) is 0. The number of rotatable bonds is 9. The fourth-order valence-corrected chi connectivity index (χ4v) is 4.90. The number of hydrogen-bond acceptors (Lipinski definition) is 3. The summed E-state index contributed by atoms with van der Waals surface area (Å²) in [6, 6.07) is 24.2. The van der Waals surface area contributed by atoms with Gasteiger partial charge in [0.05, 0.1) is 6.04 Å². The Bertz CT molecular complexity index is 1200. The van der Waals surface area contributed by atoms with Gasteiger partial charge in [0.1, 0.15) is 5.75 Å². The standard InChI is InChI=1S/C32H38N2O3/c1-5-29(32(36)33-21-24-9-7-6-8-10-24)37-27-16-15-25-17-18-34(30(35)19-22(2)3)31(28(25)20-27)26-13-11-23(4)12-14-26/h6-16,20,22,29,31H,5,17-19,21H2,1-4H3,(H,33,36). The Morgan fingerprint density at radius 3 is 2.43 bits per heavy atom. The number of amides is 2. The summed E-state index contributed by atoms with van der Waals surface area (Å²) in [5, 5.41) is 3.00. The Hall–Kier alpha value is -3.60. The lowest BCUT2D eigenvalue weighted by Gasteiger charge is -2.38. The maximum absolute atomic E-state index is 13.3. The first-order valence-corrected chi connectivity index (χ1v) is 13.3. The number of nitrogens with zero attached hydrogens (tertiary/aromatic N) is 1. The van der Waals surface area contributed by atoms with E-state index >= 15 is 0 Å². The first-order valence-electron chi connectivity index (χ1n) is 13.3. The second-order valence-corrected chi connectivity index (χ2v) is 10.3. The van der Waals surface area contributed by atoms with E-state index in [1.807, 2.05) is 54.3 Å². The maximum atomic E-state index is 13.3. The van der Waals surface area contributed by atoms with Gasteiger partial charge in [-0.3, -0.25) is 9.59 Å². The van der Waals surface area contributed by atoms with E-state index in [1.54, 1.807) is 0 Å². The minimum atomic E-state index is -0.596. The van der Waals surface area contributed by atoms with E-state index in [2.05, 4.69) is 56.4 Å². The van der Waals surface area contributed by atoms with Crippen LogP contribution >= 0.6 is 0 Å². The highest BCUT2D eigenvalue weighted by molar-refractivity contribution is 5.81. The molecule has 1 aliphatic heterocycles. The molecule has 0 fully saturated rings. The fourth-order valence-electron chi connectivity index (χ4n) is 4.90. The molecule has 3 aromatic carbocycles.